The number of imidazole rings is 1. The van der Waals surface area contributed by atoms with E-state index in [0.717, 1.165) is 61.4 Å². The molecule has 1 aliphatic heterocycles. The molecule has 0 radical (unpaired) electrons. The predicted molar refractivity (Wildman–Crippen MR) is 109 cm³/mol. The zero-order valence-corrected chi connectivity index (χ0v) is 16.5. The summed E-state index contributed by atoms with van der Waals surface area (Å²) in [6, 6.07) is 16.2. The molecule has 2 heterocycles. The normalized spacial score (nSPS) is 16.8. The van der Waals surface area contributed by atoms with Gasteiger partial charge < -0.3 is 14.8 Å². The van der Waals surface area contributed by atoms with Crippen molar-refractivity contribution in [1.82, 2.24) is 14.5 Å². The molecule has 1 atom stereocenters. The number of halogens is 1. The molecule has 1 aliphatic rings. The van der Waals surface area contributed by atoms with Crippen molar-refractivity contribution < 1.29 is 15.0 Å². The van der Waals surface area contributed by atoms with Gasteiger partial charge in [0.25, 0.3) is 5.97 Å². The number of nitrogens with zero attached hydrogens (tertiary/aromatic N) is 3. The number of benzene rings is 2. The summed E-state index contributed by atoms with van der Waals surface area (Å²) in [5.74, 6) is 0.209. The summed E-state index contributed by atoms with van der Waals surface area (Å²) >= 11 is 6.00. The van der Waals surface area contributed by atoms with Crippen molar-refractivity contribution in [2.75, 3.05) is 13.1 Å². The minimum absolute atomic E-state index is 0.209. The number of fused-ring (bicyclic) bond motifs is 1. The molecule has 7 heteroatoms. The van der Waals surface area contributed by atoms with E-state index in [9.17, 15) is 5.11 Å². The first-order valence-corrected chi connectivity index (χ1v) is 9.58. The molecule has 0 amide bonds. The lowest BCUT2D eigenvalue weighted by Gasteiger charge is -2.16. The minimum atomic E-state index is -0.833. The second kappa shape index (κ2) is 9.19. The van der Waals surface area contributed by atoms with Crippen LogP contribution in [0.25, 0.3) is 11.0 Å². The quantitative estimate of drug-likeness (QED) is 0.700. The van der Waals surface area contributed by atoms with Gasteiger partial charge in [-0.05, 0) is 36.2 Å². The van der Waals surface area contributed by atoms with Crippen LogP contribution in [0.3, 0.4) is 0 Å². The van der Waals surface area contributed by atoms with Crippen molar-refractivity contribution in [2.45, 2.75) is 32.5 Å². The molecular weight excluding hydrogens is 378 g/mol. The van der Waals surface area contributed by atoms with Gasteiger partial charge in [-0.3, -0.25) is 9.69 Å². The second-order valence-electron chi connectivity index (χ2n) is 6.93. The topological polar surface area (TPSA) is 78.6 Å². The Morgan fingerprint density at radius 2 is 1.86 bits per heavy atom. The van der Waals surface area contributed by atoms with E-state index in [1.165, 1.54) is 5.56 Å². The van der Waals surface area contributed by atoms with Crippen molar-refractivity contribution in [3.05, 3.63) is 64.9 Å². The third-order valence-electron chi connectivity index (χ3n) is 4.60. The first kappa shape index (κ1) is 20.3. The lowest BCUT2D eigenvalue weighted by molar-refractivity contribution is -0.134. The number of carboxylic acids is 1. The maximum absolute atomic E-state index is 9.77. The third-order valence-corrected chi connectivity index (χ3v) is 4.85. The highest BCUT2D eigenvalue weighted by atomic mass is 35.5. The molecule has 28 heavy (non-hydrogen) atoms. The highest BCUT2D eigenvalue weighted by Crippen LogP contribution is 2.21. The summed E-state index contributed by atoms with van der Waals surface area (Å²) in [7, 11) is 0. The van der Waals surface area contributed by atoms with E-state index in [1.54, 1.807) is 0 Å². The van der Waals surface area contributed by atoms with Gasteiger partial charge in [0.1, 0.15) is 5.82 Å². The van der Waals surface area contributed by atoms with E-state index >= 15 is 0 Å². The molecule has 0 aliphatic carbocycles. The molecule has 1 saturated heterocycles. The van der Waals surface area contributed by atoms with Crippen LogP contribution in [0.15, 0.2) is 48.5 Å². The van der Waals surface area contributed by atoms with E-state index in [0.29, 0.717) is 0 Å². The van der Waals surface area contributed by atoms with Gasteiger partial charge in [0, 0.05) is 31.6 Å². The van der Waals surface area contributed by atoms with Crippen LogP contribution >= 0.6 is 11.6 Å². The largest absolute Gasteiger partial charge is 0.481 e. The average Bonchev–Trinajstić information content (AvgIpc) is 3.20. The number of rotatable bonds is 4. The summed E-state index contributed by atoms with van der Waals surface area (Å²) in [6.07, 6.45) is 0.635. The van der Waals surface area contributed by atoms with Crippen LogP contribution in [-0.4, -0.2) is 49.8 Å². The molecule has 2 N–H and O–H groups in total. The highest BCUT2D eigenvalue weighted by Gasteiger charge is 2.22. The summed E-state index contributed by atoms with van der Waals surface area (Å²) in [4.78, 5) is 16.1. The third kappa shape index (κ3) is 5.32. The lowest BCUT2D eigenvalue weighted by Crippen LogP contribution is -2.23. The fourth-order valence-corrected chi connectivity index (χ4v) is 3.48. The second-order valence-corrected chi connectivity index (χ2v) is 7.36. The molecule has 1 aromatic heterocycles. The van der Waals surface area contributed by atoms with Crippen LogP contribution in [0, 0.1) is 0 Å². The number of β-amino-alcohol motifs (C(OH)–C–C–N with tert-alkyl or cyclic N) is 1. The van der Waals surface area contributed by atoms with E-state index < -0.39 is 5.97 Å². The first-order valence-electron chi connectivity index (χ1n) is 9.21. The van der Waals surface area contributed by atoms with Crippen LogP contribution in [0.2, 0.25) is 5.02 Å². The average molecular weight is 402 g/mol. The number of likely N-dealkylation sites (tertiary alicyclic amines) is 1. The number of hydrogen-bond acceptors (Lipinski definition) is 4. The van der Waals surface area contributed by atoms with Crippen LogP contribution in [-0.2, 0) is 17.9 Å². The van der Waals surface area contributed by atoms with Crippen molar-refractivity contribution >= 4 is 28.6 Å². The number of para-hydroxylation sites is 2. The van der Waals surface area contributed by atoms with Gasteiger partial charge in [0.2, 0.25) is 0 Å². The number of aromatic nitrogens is 2. The number of aliphatic hydroxyl groups is 1. The molecule has 6 nitrogen and oxygen atoms in total. The van der Waals surface area contributed by atoms with Crippen molar-refractivity contribution in [1.29, 1.82) is 0 Å². The fourth-order valence-electron chi connectivity index (χ4n) is 3.35. The summed E-state index contributed by atoms with van der Waals surface area (Å²) in [6.45, 7) is 4.26. The van der Waals surface area contributed by atoms with Crippen molar-refractivity contribution in [2.24, 2.45) is 0 Å². The smallest absolute Gasteiger partial charge is 0.300 e. The van der Waals surface area contributed by atoms with Gasteiger partial charge >= 0.3 is 0 Å². The van der Waals surface area contributed by atoms with E-state index in [4.69, 9.17) is 26.5 Å². The van der Waals surface area contributed by atoms with Crippen LogP contribution in [0.4, 0.5) is 0 Å². The molecule has 0 unspecified atom stereocenters. The zero-order chi connectivity index (χ0) is 20.1. The Hall–Kier alpha value is -2.41. The van der Waals surface area contributed by atoms with Gasteiger partial charge in [-0.2, -0.15) is 0 Å². The minimum Gasteiger partial charge on any atom is -0.481 e. The van der Waals surface area contributed by atoms with Crippen molar-refractivity contribution in [3.63, 3.8) is 0 Å². The standard InChI is InChI=1S/C19H20ClN3O.C2H4O2/c20-15-7-5-14(6-8-15)11-23-18-4-2-1-3-17(18)21-19(23)13-22-10-9-16(24)12-22;1-2(3)4/h1-8,16,24H,9-13H2;1H3,(H,3,4)/t16-;/m1./s1. The van der Waals surface area contributed by atoms with E-state index in [2.05, 4.69) is 33.7 Å². The SMILES string of the molecule is CC(=O)O.O[C@@H]1CCN(Cc2nc3ccccc3n2Cc2ccc(Cl)cc2)C1. The molecule has 1 fully saturated rings. The Morgan fingerprint density at radius 1 is 1.18 bits per heavy atom. The molecule has 0 saturated carbocycles. The van der Waals surface area contributed by atoms with Gasteiger partial charge in [-0.1, -0.05) is 35.9 Å². The van der Waals surface area contributed by atoms with Crippen LogP contribution in [0.1, 0.15) is 24.7 Å². The first-order chi connectivity index (χ1) is 13.4. The van der Waals surface area contributed by atoms with Crippen molar-refractivity contribution in [3.8, 4) is 0 Å². The molecular formula is C21H24ClN3O3. The van der Waals surface area contributed by atoms with E-state index in [-0.39, 0.29) is 6.10 Å². The molecule has 0 bridgehead atoms. The number of aliphatic hydroxyl groups excluding tert-OH is 1. The van der Waals surface area contributed by atoms with Gasteiger partial charge in [0.15, 0.2) is 0 Å². The number of carbonyl (C=O) groups is 1. The molecule has 148 valence electrons. The number of aliphatic carboxylic acids is 1. The molecule has 0 spiro atoms. The van der Waals surface area contributed by atoms with Gasteiger partial charge in [-0.25, -0.2) is 4.98 Å². The van der Waals surface area contributed by atoms with Gasteiger partial charge in [0.05, 0.1) is 23.7 Å². The Balaban J connectivity index is 0.000000516. The Kier molecular flexibility index (Phi) is 6.67. The Labute approximate surface area is 169 Å². The Bertz CT molecular complexity index is 936. The van der Waals surface area contributed by atoms with Crippen LogP contribution < -0.4 is 0 Å². The lowest BCUT2D eigenvalue weighted by atomic mass is 10.2. The summed E-state index contributed by atoms with van der Waals surface area (Å²) in [5.41, 5.74) is 3.36. The monoisotopic (exact) mass is 401 g/mol. The predicted octanol–water partition coefficient (Wildman–Crippen LogP) is 3.40. The maximum Gasteiger partial charge on any atom is 0.300 e. The molecule has 2 aromatic carbocycles. The number of carboxylic acid groups (broad SMARTS) is 1. The van der Waals surface area contributed by atoms with Gasteiger partial charge in [-0.15, -0.1) is 0 Å². The fraction of sp³-hybridized carbons (Fsp3) is 0.333. The highest BCUT2D eigenvalue weighted by molar-refractivity contribution is 6.30. The summed E-state index contributed by atoms with van der Waals surface area (Å²) < 4.78 is 2.27. The van der Waals surface area contributed by atoms with Crippen LogP contribution in [0.5, 0.6) is 0 Å². The Morgan fingerprint density at radius 3 is 2.50 bits per heavy atom. The van der Waals surface area contributed by atoms with E-state index in [1.807, 2.05) is 24.3 Å². The number of hydrogen-bond donors (Lipinski definition) is 2. The zero-order valence-electron chi connectivity index (χ0n) is 15.8. The maximum atomic E-state index is 9.77. The summed E-state index contributed by atoms with van der Waals surface area (Å²) in [5, 5.41) is 17.9. The molecule has 4 rings (SSSR count). The molecule has 3 aromatic rings.